The largest absolute Gasteiger partial charge is 0.508 e. The number of hydrogen-bond donors (Lipinski definition) is 3. The first kappa shape index (κ1) is 19.3. The van der Waals surface area contributed by atoms with Crippen molar-refractivity contribution < 1.29 is 19.7 Å². The van der Waals surface area contributed by atoms with Crippen LogP contribution in [0.25, 0.3) is 0 Å². The molecule has 0 saturated heterocycles. The molecular weight excluding hydrogens is 536 g/mol. The average molecular weight is 553 g/mol. The van der Waals surface area contributed by atoms with E-state index in [4.69, 9.17) is 9.84 Å². The van der Waals surface area contributed by atoms with Gasteiger partial charge < -0.3 is 20.3 Å². The number of carbonyl (C=O) groups is 1. The molecule has 1 amide bonds. The molecule has 0 bridgehead atoms. The highest BCUT2D eigenvalue weighted by Gasteiger charge is 2.13. The van der Waals surface area contributed by atoms with Crippen LogP contribution in [0, 0.1) is 7.14 Å². The van der Waals surface area contributed by atoms with Gasteiger partial charge in [0.05, 0.1) is 13.7 Å². The zero-order valence-electron chi connectivity index (χ0n) is 12.8. The molecular formula is C17H17I2NO4. The predicted octanol–water partition coefficient (Wildman–Crippen LogP) is 3.43. The smallest absolute Gasteiger partial charge is 0.220 e. The van der Waals surface area contributed by atoms with Gasteiger partial charge in [-0.25, -0.2) is 0 Å². The fraction of sp³-hybridized carbons (Fsp3) is 0.235. The fourth-order valence-corrected chi connectivity index (χ4v) is 3.95. The van der Waals surface area contributed by atoms with E-state index in [1.54, 1.807) is 24.3 Å². The first-order chi connectivity index (χ1) is 11.5. The average Bonchev–Trinajstić information content (AvgIpc) is 2.57. The molecule has 5 nitrogen and oxygen atoms in total. The Balaban J connectivity index is 2.11. The Kier molecular flexibility index (Phi) is 7.56. The molecule has 0 aliphatic carbocycles. The number of hydrogen-bond acceptors (Lipinski definition) is 4. The Morgan fingerprint density at radius 3 is 2.50 bits per heavy atom. The normalized spacial score (nSPS) is 10.5. The molecule has 7 heteroatoms. The summed E-state index contributed by atoms with van der Waals surface area (Å²) in [5, 5.41) is 20.7. The van der Waals surface area contributed by atoms with Gasteiger partial charge in [0.2, 0.25) is 5.91 Å². The number of amides is 1. The third kappa shape index (κ3) is 5.49. The summed E-state index contributed by atoms with van der Waals surface area (Å²) in [5.74, 6) is 1.49. The zero-order valence-corrected chi connectivity index (χ0v) is 17.1. The zero-order chi connectivity index (χ0) is 17.5. The lowest BCUT2D eigenvalue weighted by Gasteiger charge is -2.13. The third-order valence-electron chi connectivity index (χ3n) is 3.24. The van der Waals surface area contributed by atoms with E-state index >= 15 is 0 Å². The number of halogens is 2. The second-order valence-electron chi connectivity index (χ2n) is 5.02. The lowest BCUT2D eigenvalue weighted by atomic mass is 10.1. The summed E-state index contributed by atoms with van der Waals surface area (Å²) in [6, 6.07) is 10.5. The van der Waals surface area contributed by atoms with Gasteiger partial charge in [0.25, 0.3) is 0 Å². The van der Waals surface area contributed by atoms with Crippen LogP contribution in [-0.2, 0) is 11.2 Å². The van der Waals surface area contributed by atoms with E-state index in [1.807, 2.05) is 12.1 Å². The van der Waals surface area contributed by atoms with Gasteiger partial charge in [0, 0.05) is 13.0 Å². The van der Waals surface area contributed by atoms with Crippen LogP contribution in [0.5, 0.6) is 17.2 Å². The van der Waals surface area contributed by atoms with Gasteiger partial charge in [-0.1, -0.05) is 6.07 Å². The lowest BCUT2D eigenvalue weighted by Crippen LogP contribution is -2.26. The van der Waals surface area contributed by atoms with Crippen molar-refractivity contribution in [1.29, 1.82) is 0 Å². The summed E-state index contributed by atoms with van der Waals surface area (Å²) in [4.78, 5) is 11.7. The maximum absolute atomic E-state index is 11.7. The van der Waals surface area contributed by atoms with E-state index in [9.17, 15) is 9.90 Å². The molecule has 0 fully saturated rings. The number of nitrogens with one attached hydrogen (secondary N) is 1. The Morgan fingerprint density at radius 1 is 1.12 bits per heavy atom. The van der Waals surface area contributed by atoms with Crippen LogP contribution in [-0.4, -0.2) is 29.3 Å². The van der Waals surface area contributed by atoms with E-state index in [1.165, 1.54) is 0 Å². The first-order valence-electron chi connectivity index (χ1n) is 7.32. The van der Waals surface area contributed by atoms with Crippen LogP contribution in [0.4, 0.5) is 0 Å². The van der Waals surface area contributed by atoms with Gasteiger partial charge in [-0.15, -0.1) is 0 Å². The molecule has 0 aromatic heterocycles. The molecule has 2 aromatic carbocycles. The Morgan fingerprint density at radius 2 is 1.83 bits per heavy atom. The summed E-state index contributed by atoms with van der Waals surface area (Å²) >= 11 is 4.43. The van der Waals surface area contributed by atoms with E-state index in [-0.39, 0.29) is 24.8 Å². The van der Waals surface area contributed by atoms with Crippen LogP contribution in [0.1, 0.15) is 12.0 Å². The number of rotatable bonds is 7. The van der Waals surface area contributed by atoms with Crippen LogP contribution in [0.2, 0.25) is 0 Å². The highest BCUT2D eigenvalue weighted by Crippen LogP contribution is 2.34. The quantitative estimate of drug-likeness (QED) is 0.460. The summed E-state index contributed by atoms with van der Waals surface area (Å²) in [6.45, 7) is 0.218. The molecule has 0 saturated carbocycles. The summed E-state index contributed by atoms with van der Waals surface area (Å²) in [5.41, 5.74) is 1.03. The van der Waals surface area contributed by atoms with Crippen molar-refractivity contribution in [1.82, 2.24) is 5.32 Å². The Bertz CT molecular complexity index is 704. The van der Waals surface area contributed by atoms with Gasteiger partial charge in [0.15, 0.2) is 5.75 Å². The monoisotopic (exact) mass is 553 g/mol. The molecule has 0 atom stereocenters. The van der Waals surface area contributed by atoms with Crippen molar-refractivity contribution in [3.63, 3.8) is 0 Å². The Labute approximate surface area is 167 Å². The maximum atomic E-state index is 11.7. The Hall–Kier alpha value is -1.07. The van der Waals surface area contributed by atoms with Crippen molar-refractivity contribution in [3.05, 3.63) is 49.1 Å². The van der Waals surface area contributed by atoms with E-state index in [2.05, 4.69) is 50.5 Å². The van der Waals surface area contributed by atoms with Crippen molar-refractivity contribution in [2.24, 2.45) is 0 Å². The molecule has 0 heterocycles. The standard InChI is InChI=1S/C17H17I2NO4/c18-14-7-1-11(2-8-15(23)20-9-10-21)16(19)17(14)24-13-5-3-12(22)4-6-13/h1,3-7,21-22H,2,8-10H2,(H,20,23). The molecule has 2 rings (SSSR count). The molecule has 0 unspecified atom stereocenters. The summed E-state index contributed by atoms with van der Waals surface area (Å²) in [7, 11) is 0. The van der Waals surface area contributed by atoms with Crippen molar-refractivity contribution in [2.75, 3.05) is 13.2 Å². The molecule has 3 N–H and O–H groups in total. The molecule has 24 heavy (non-hydrogen) atoms. The minimum absolute atomic E-state index is 0.0581. The number of aryl methyl sites for hydroxylation is 1. The second kappa shape index (κ2) is 9.42. The maximum Gasteiger partial charge on any atom is 0.220 e. The minimum Gasteiger partial charge on any atom is -0.508 e. The van der Waals surface area contributed by atoms with E-state index in [0.717, 1.165) is 18.5 Å². The number of phenolic OH excluding ortho intramolecular Hbond substituents is 1. The number of phenols is 1. The highest BCUT2D eigenvalue weighted by atomic mass is 127. The minimum atomic E-state index is -0.0839. The third-order valence-corrected chi connectivity index (χ3v) is 5.27. The fourth-order valence-electron chi connectivity index (χ4n) is 2.02. The number of aromatic hydroxyl groups is 1. The van der Waals surface area contributed by atoms with Gasteiger partial charge in [-0.05, 0) is 87.5 Å². The SMILES string of the molecule is O=C(CCc1ccc(I)c(Oc2ccc(O)cc2)c1I)NCCO. The van der Waals surface area contributed by atoms with Crippen LogP contribution in [0.15, 0.2) is 36.4 Å². The topological polar surface area (TPSA) is 78.8 Å². The van der Waals surface area contributed by atoms with Gasteiger partial charge in [0.1, 0.15) is 11.5 Å². The molecule has 0 aliphatic rings. The van der Waals surface area contributed by atoms with Crippen LogP contribution >= 0.6 is 45.2 Å². The summed E-state index contributed by atoms with van der Waals surface area (Å²) < 4.78 is 7.88. The van der Waals surface area contributed by atoms with Gasteiger partial charge in [-0.2, -0.15) is 0 Å². The number of aliphatic hydroxyl groups excluding tert-OH is 1. The molecule has 128 valence electrons. The van der Waals surface area contributed by atoms with Gasteiger partial charge in [-0.3, -0.25) is 4.79 Å². The number of benzene rings is 2. The van der Waals surface area contributed by atoms with Crippen molar-refractivity contribution in [3.8, 4) is 17.2 Å². The van der Waals surface area contributed by atoms with E-state index in [0.29, 0.717) is 18.6 Å². The van der Waals surface area contributed by atoms with Crippen molar-refractivity contribution >= 4 is 51.1 Å². The molecule has 2 aromatic rings. The van der Waals surface area contributed by atoms with Crippen LogP contribution < -0.4 is 10.1 Å². The highest BCUT2D eigenvalue weighted by molar-refractivity contribution is 14.1. The van der Waals surface area contributed by atoms with E-state index < -0.39 is 0 Å². The van der Waals surface area contributed by atoms with Crippen molar-refractivity contribution in [2.45, 2.75) is 12.8 Å². The summed E-state index contributed by atoms with van der Waals surface area (Å²) in [6.07, 6.45) is 0.952. The predicted molar refractivity (Wildman–Crippen MR) is 108 cm³/mol. The van der Waals surface area contributed by atoms with Crippen LogP contribution in [0.3, 0.4) is 0 Å². The van der Waals surface area contributed by atoms with Gasteiger partial charge >= 0.3 is 0 Å². The number of carbonyl (C=O) groups excluding carboxylic acids is 1. The second-order valence-corrected chi connectivity index (χ2v) is 7.26. The number of ether oxygens (including phenoxy) is 1. The molecule has 0 radical (unpaired) electrons. The molecule has 0 aliphatic heterocycles. The number of aliphatic hydroxyl groups is 1. The lowest BCUT2D eigenvalue weighted by molar-refractivity contribution is -0.121. The molecule has 0 spiro atoms. The first-order valence-corrected chi connectivity index (χ1v) is 9.48.